The molecule has 1 aromatic rings. The van der Waals surface area contributed by atoms with Crippen LogP contribution in [0.5, 0.6) is 0 Å². The van der Waals surface area contributed by atoms with E-state index in [1.54, 1.807) is 6.08 Å². The molecule has 0 bridgehead atoms. The summed E-state index contributed by atoms with van der Waals surface area (Å²) in [5, 5.41) is 0.0569. The van der Waals surface area contributed by atoms with Crippen LogP contribution in [-0.2, 0) is 34.5 Å². The molecule has 1 rings (SSSR count). The van der Waals surface area contributed by atoms with Gasteiger partial charge in [0.1, 0.15) is 6.10 Å². The van der Waals surface area contributed by atoms with Crippen LogP contribution in [-0.4, -0.2) is 53.3 Å². The normalized spacial score (nSPS) is 16.1. The van der Waals surface area contributed by atoms with Gasteiger partial charge in [0.2, 0.25) is 0 Å². The molecule has 0 amide bonds. The maximum absolute atomic E-state index is 13.9. The summed E-state index contributed by atoms with van der Waals surface area (Å²) in [4.78, 5) is 25.5. The molecule has 0 saturated heterocycles. The van der Waals surface area contributed by atoms with E-state index >= 15 is 0 Å². The van der Waals surface area contributed by atoms with Gasteiger partial charge >= 0.3 is 5.97 Å². The van der Waals surface area contributed by atoms with Crippen molar-refractivity contribution in [2.24, 2.45) is 5.92 Å². The van der Waals surface area contributed by atoms with Crippen LogP contribution >= 0.6 is 0 Å². The summed E-state index contributed by atoms with van der Waals surface area (Å²) in [6, 6.07) is 10.3. The molecule has 0 unspecified atom stereocenters. The lowest BCUT2D eigenvalue weighted by atomic mass is 9.92. The van der Waals surface area contributed by atoms with Gasteiger partial charge in [0.05, 0.1) is 12.7 Å². The van der Waals surface area contributed by atoms with Crippen molar-refractivity contribution in [3.8, 4) is 0 Å². The summed E-state index contributed by atoms with van der Waals surface area (Å²) >= 11 is 0. The quantitative estimate of drug-likeness (QED) is 0.0592. The Labute approximate surface area is 284 Å². The molecule has 0 aliphatic carbocycles. The number of carbonyl (C=O) groups excluding carboxylic acids is 2. The number of ether oxygens (including phenoxy) is 2. The first-order chi connectivity index (χ1) is 21.1. The van der Waals surface area contributed by atoms with Gasteiger partial charge in [0, 0.05) is 32.0 Å². The van der Waals surface area contributed by atoms with E-state index in [0.29, 0.717) is 26.1 Å². The fourth-order valence-corrected chi connectivity index (χ4v) is 7.71. The van der Waals surface area contributed by atoms with Gasteiger partial charge in [0.15, 0.2) is 22.4 Å². The highest BCUT2D eigenvalue weighted by Crippen LogP contribution is 2.41. The van der Waals surface area contributed by atoms with Gasteiger partial charge in [-0.05, 0) is 80.5 Å². The Morgan fingerprint density at radius 1 is 0.848 bits per heavy atom. The average molecular weight is 677 g/mol. The molecule has 0 spiro atoms. The minimum Gasteiger partial charge on any atom is -0.462 e. The topological polar surface area (TPSA) is 71.1 Å². The average Bonchev–Trinajstić information content (AvgIpc) is 2.90. The van der Waals surface area contributed by atoms with Gasteiger partial charge in [-0.25, -0.2) is 0 Å². The van der Waals surface area contributed by atoms with Crippen molar-refractivity contribution in [2.45, 2.75) is 169 Å². The first-order valence-corrected chi connectivity index (χ1v) is 23.3. The molecule has 8 heteroatoms. The van der Waals surface area contributed by atoms with E-state index in [1.165, 1.54) is 12.5 Å². The van der Waals surface area contributed by atoms with Crippen LogP contribution in [0.3, 0.4) is 0 Å². The molecule has 0 aliphatic rings. The summed E-state index contributed by atoms with van der Waals surface area (Å²) in [5.41, 5.74) is 2.09. The molecule has 1 aromatic carbocycles. The van der Waals surface area contributed by atoms with Gasteiger partial charge in [0.25, 0.3) is 0 Å². The molecule has 46 heavy (non-hydrogen) atoms. The van der Waals surface area contributed by atoms with Crippen molar-refractivity contribution in [1.29, 1.82) is 0 Å². The Balaban J connectivity index is 3.26. The lowest BCUT2D eigenvalue weighted by Crippen LogP contribution is -2.49. The second-order valence-corrected chi connectivity index (χ2v) is 25.8. The molecule has 0 aromatic heterocycles. The van der Waals surface area contributed by atoms with E-state index in [4.69, 9.17) is 18.3 Å². The number of allylic oxidation sites excluding steroid dienone is 1. The Hall–Kier alpha value is -1.59. The third-order valence-electron chi connectivity index (χ3n) is 9.83. The number of ketones is 1. The fraction of sp³-hybridized carbons (Fsp3) is 0.737. The molecule has 0 heterocycles. The molecule has 264 valence electrons. The smallest absolute Gasteiger partial charge is 0.302 e. The number of rotatable bonds is 20. The summed E-state index contributed by atoms with van der Waals surface area (Å²) in [6.07, 6.45) is 5.81. The number of carbonyl (C=O) groups is 2. The summed E-state index contributed by atoms with van der Waals surface area (Å²) in [6.45, 7) is 31.4. The molecular weight excluding hydrogens is 609 g/mol. The largest absolute Gasteiger partial charge is 0.462 e. The van der Waals surface area contributed by atoms with Crippen LogP contribution in [0.1, 0.15) is 113 Å². The Morgan fingerprint density at radius 3 is 1.93 bits per heavy atom. The van der Waals surface area contributed by atoms with Crippen LogP contribution in [0.15, 0.2) is 42.0 Å². The Morgan fingerprint density at radius 2 is 1.41 bits per heavy atom. The SMILES string of the molecule is CCC[C@H](C/C(C)=C\C(=O)[C@@H](C)[C@H](C[C@@H](CCCOCc1ccccc1)O[Si](C)(C)C(C)(C)C)O[Si](C)(C)C(C)(C)C)OC(C)=O. The van der Waals surface area contributed by atoms with Crippen molar-refractivity contribution in [2.75, 3.05) is 6.61 Å². The van der Waals surface area contributed by atoms with Crippen molar-refractivity contribution in [3.63, 3.8) is 0 Å². The van der Waals surface area contributed by atoms with Gasteiger partial charge in [-0.2, -0.15) is 0 Å². The Bertz CT molecular complexity index is 1080. The van der Waals surface area contributed by atoms with Crippen molar-refractivity contribution in [1.82, 2.24) is 0 Å². The van der Waals surface area contributed by atoms with Crippen LogP contribution < -0.4 is 0 Å². The maximum Gasteiger partial charge on any atom is 0.302 e. The van der Waals surface area contributed by atoms with Crippen LogP contribution in [0.2, 0.25) is 36.3 Å². The zero-order valence-corrected chi connectivity index (χ0v) is 33.9. The zero-order valence-electron chi connectivity index (χ0n) is 31.9. The number of hydrogen-bond acceptors (Lipinski definition) is 6. The molecule has 0 radical (unpaired) electrons. The predicted molar refractivity (Wildman–Crippen MR) is 197 cm³/mol. The van der Waals surface area contributed by atoms with E-state index in [-0.39, 0.29) is 46.1 Å². The van der Waals surface area contributed by atoms with Crippen molar-refractivity contribution in [3.05, 3.63) is 47.5 Å². The summed E-state index contributed by atoms with van der Waals surface area (Å²) in [7, 11) is -4.32. The Kier molecular flexibility index (Phi) is 17.4. The minimum atomic E-state index is -2.21. The second kappa shape index (κ2) is 18.8. The second-order valence-electron chi connectivity index (χ2n) is 16.2. The summed E-state index contributed by atoms with van der Waals surface area (Å²) in [5.74, 6) is -0.578. The highest BCUT2D eigenvalue weighted by Gasteiger charge is 2.43. The monoisotopic (exact) mass is 676 g/mol. The molecule has 0 fully saturated rings. The van der Waals surface area contributed by atoms with E-state index < -0.39 is 16.6 Å². The molecule has 4 atom stereocenters. The zero-order chi connectivity index (χ0) is 35.3. The third kappa shape index (κ3) is 15.1. The van der Waals surface area contributed by atoms with Crippen molar-refractivity contribution < 1.29 is 27.9 Å². The lowest BCUT2D eigenvalue weighted by molar-refractivity contribution is -0.146. The van der Waals surface area contributed by atoms with E-state index in [1.807, 2.05) is 32.0 Å². The first kappa shape index (κ1) is 42.4. The van der Waals surface area contributed by atoms with E-state index in [2.05, 4.69) is 86.8 Å². The van der Waals surface area contributed by atoms with Crippen LogP contribution in [0.25, 0.3) is 0 Å². The van der Waals surface area contributed by atoms with Crippen LogP contribution in [0, 0.1) is 5.92 Å². The highest BCUT2D eigenvalue weighted by atomic mass is 28.4. The van der Waals surface area contributed by atoms with E-state index in [0.717, 1.165) is 31.3 Å². The minimum absolute atomic E-state index is 0.00175. The molecule has 0 aliphatic heterocycles. The number of esters is 1. The number of hydrogen-bond donors (Lipinski definition) is 0. The van der Waals surface area contributed by atoms with Gasteiger partial charge in [-0.1, -0.05) is 97.7 Å². The predicted octanol–water partition coefficient (Wildman–Crippen LogP) is 10.4. The molecule has 0 N–H and O–H groups in total. The molecular formula is C38H68O6Si2. The maximum atomic E-state index is 13.9. The number of benzene rings is 1. The first-order valence-electron chi connectivity index (χ1n) is 17.4. The molecule has 6 nitrogen and oxygen atoms in total. The van der Waals surface area contributed by atoms with E-state index in [9.17, 15) is 9.59 Å². The van der Waals surface area contributed by atoms with Crippen LogP contribution in [0.4, 0.5) is 0 Å². The van der Waals surface area contributed by atoms with Gasteiger partial charge < -0.3 is 18.3 Å². The highest BCUT2D eigenvalue weighted by molar-refractivity contribution is 6.74. The van der Waals surface area contributed by atoms with Gasteiger partial charge in [-0.15, -0.1) is 0 Å². The van der Waals surface area contributed by atoms with Crippen molar-refractivity contribution >= 4 is 28.4 Å². The van der Waals surface area contributed by atoms with Gasteiger partial charge in [-0.3, -0.25) is 9.59 Å². The fourth-order valence-electron chi connectivity index (χ4n) is 4.90. The third-order valence-corrected chi connectivity index (χ3v) is 18.9. The standard InChI is InChI=1S/C38H68O6Si2/c1-15-20-33(42-31(4)39)25-29(2)26-35(40)30(3)36(44-46(13,14)38(8,9)10)27-34(43-45(11,12)37(5,6)7)23-19-24-41-28-32-21-17-16-18-22-32/h16-18,21-22,26,30,33-34,36H,15,19-20,23-25,27-28H2,1-14H3/b29-26-/t30-,33-,34-,36+/m1/s1. The summed E-state index contributed by atoms with van der Waals surface area (Å²) < 4.78 is 25.7. The molecule has 0 saturated carbocycles. The lowest BCUT2D eigenvalue weighted by Gasteiger charge is -2.43.